The Kier molecular flexibility index (Phi) is 3.26. The molecule has 0 spiro atoms. The van der Waals surface area contributed by atoms with Gasteiger partial charge in [-0.15, -0.1) is 0 Å². The van der Waals surface area contributed by atoms with Gasteiger partial charge < -0.3 is 0 Å². The van der Waals surface area contributed by atoms with E-state index in [1.165, 1.54) is 36.4 Å². The van der Waals surface area contributed by atoms with Crippen LogP contribution in [-0.4, -0.2) is 8.07 Å². The second-order valence-corrected chi connectivity index (χ2v) is 11.2. The fraction of sp³-hybridized carbons (Fsp3) is 0.444. The summed E-state index contributed by atoms with van der Waals surface area (Å²) in [5.41, 5.74) is 3.30. The van der Waals surface area contributed by atoms with Gasteiger partial charge >= 0.3 is 0 Å². The van der Waals surface area contributed by atoms with Gasteiger partial charge in [0, 0.05) is 0 Å². The van der Waals surface area contributed by atoms with Crippen LogP contribution in [0.4, 0.5) is 0 Å². The molecule has 0 amide bonds. The topological polar surface area (TPSA) is 0 Å². The number of benzene rings is 2. The highest BCUT2D eigenvalue weighted by atomic mass is 28.3. The van der Waals surface area contributed by atoms with Crippen LogP contribution in [0.1, 0.15) is 31.9 Å². The number of rotatable bonds is 4. The Labute approximate surface area is 117 Å². The van der Waals surface area contributed by atoms with Crippen LogP contribution >= 0.6 is 0 Å². The molecular weight excluding hydrogens is 244 g/mol. The molecule has 0 saturated carbocycles. The van der Waals surface area contributed by atoms with E-state index < -0.39 is 8.07 Å². The molecule has 0 fully saturated rings. The Morgan fingerprint density at radius 2 is 1.63 bits per heavy atom. The molecular formula is C18H24Si. The van der Waals surface area contributed by atoms with Crippen LogP contribution in [-0.2, 0) is 12.8 Å². The third-order valence-electron chi connectivity index (χ3n) is 5.49. The van der Waals surface area contributed by atoms with E-state index in [1.807, 2.05) is 0 Å². The Hall–Kier alpha value is -1.08. The van der Waals surface area contributed by atoms with E-state index in [1.54, 1.807) is 21.7 Å². The largest absolute Gasteiger partial charge is 0.0863 e. The Bertz CT molecular complexity index is 600. The zero-order valence-corrected chi connectivity index (χ0v) is 13.4. The van der Waals surface area contributed by atoms with Gasteiger partial charge in [0.05, 0.1) is 8.07 Å². The monoisotopic (exact) mass is 268 g/mol. The normalized spacial score (nSPS) is 14.3. The van der Waals surface area contributed by atoms with Gasteiger partial charge in [-0.2, -0.15) is 0 Å². The first-order chi connectivity index (χ1) is 9.25. The smallest absolute Gasteiger partial charge is 0.0675 e. The quantitative estimate of drug-likeness (QED) is 0.708. The van der Waals surface area contributed by atoms with Gasteiger partial charge in [0.1, 0.15) is 0 Å². The lowest BCUT2D eigenvalue weighted by molar-refractivity contribution is 1.03. The maximum Gasteiger partial charge on any atom is 0.0863 e. The summed E-state index contributed by atoms with van der Waals surface area (Å²) in [5, 5.41) is 4.84. The van der Waals surface area contributed by atoms with Crippen molar-refractivity contribution in [2.75, 3.05) is 0 Å². The van der Waals surface area contributed by atoms with Gasteiger partial charge in [-0.1, -0.05) is 74.4 Å². The summed E-state index contributed by atoms with van der Waals surface area (Å²) >= 11 is 0. The lowest BCUT2D eigenvalue weighted by atomic mass is 10.1. The standard InChI is InChI=1S/C18H24Si/c1-4-19(5-2,6-3)17-13-11-15-9-7-8-14-10-12-16(17)18(14)15/h7-9,11,13H,4-6,10,12H2,1-3H3. The second-order valence-electron chi connectivity index (χ2n) is 5.95. The first kappa shape index (κ1) is 12.9. The van der Waals surface area contributed by atoms with Crippen molar-refractivity contribution in [3.8, 4) is 0 Å². The van der Waals surface area contributed by atoms with Crippen molar-refractivity contribution in [1.29, 1.82) is 0 Å². The number of aryl methyl sites for hydroxylation is 2. The van der Waals surface area contributed by atoms with Crippen molar-refractivity contribution in [3.05, 3.63) is 41.5 Å². The van der Waals surface area contributed by atoms with Crippen LogP contribution in [0.2, 0.25) is 18.1 Å². The van der Waals surface area contributed by atoms with E-state index in [-0.39, 0.29) is 0 Å². The lowest BCUT2D eigenvalue weighted by Gasteiger charge is -2.31. The zero-order chi connectivity index (χ0) is 13.5. The maximum absolute atomic E-state index is 2.48. The predicted octanol–water partition coefficient (Wildman–Crippen LogP) is 4.65. The molecule has 0 bridgehead atoms. The molecule has 0 heterocycles. The molecule has 0 unspecified atom stereocenters. The van der Waals surface area contributed by atoms with E-state index in [2.05, 4.69) is 51.1 Å². The molecule has 0 aromatic heterocycles. The van der Waals surface area contributed by atoms with Crippen LogP contribution in [0.3, 0.4) is 0 Å². The van der Waals surface area contributed by atoms with Crippen LogP contribution < -0.4 is 5.19 Å². The van der Waals surface area contributed by atoms with Crippen molar-refractivity contribution >= 4 is 24.0 Å². The average Bonchev–Trinajstić information content (AvgIpc) is 2.89. The molecule has 2 aromatic rings. The Morgan fingerprint density at radius 3 is 2.32 bits per heavy atom. The maximum atomic E-state index is 2.48. The molecule has 1 aliphatic rings. The van der Waals surface area contributed by atoms with Crippen LogP contribution in [0.5, 0.6) is 0 Å². The van der Waals surface area contributed by atoms with E-state index >= 15 is 0 Å². The summed E-state index contributed by atoms with van der Waals surface area (Å²) in [6.07, 6.45) is 2.53. The fourth-order valence-electron chi connectivity index (χ4n) is 4.08. The lowest BCUT2D eigenvalue weighted by Crippen LogP contribution is -2.47. The van der Waals surface area contributed by atoms with Crippen molar-refractivity contribution in [1.82, 2.24) is 0 Å². The van der Waals surface area contributed by atoms with Crippen molar-refractivity contribution in [2.24, 2.45) is 0 Å². The molecule has 1 aliphatic carbocycles. The zero-order valence-electron chi connectivity index (χ0n) is 12.4. The minimum Gasteiger partial charge on any atom is -0.0675 e. The Balaban J connectivity index is 2.28. The number of hydrogen-bond donors (Lipinski definition) is 0. The first-order valence-corrected chi connectivity index (χ1v) is 10.4. The van der Waals surface area contributed by atoms with Crippen molar-refractivity contribution in [2.45, 2.75) is 51.7 Å². The molecule has 0 nitrogen and oxygen atoms in total. The summed E-state index contributed by atoms with van der Waals surface area (Å²) in [4.78, 5) is 0. The molecule has 100 valence electrons. The van der Waals surface area contributed by atoms with Crippen molar-refractivity contribution < 1.29 is 0 Å². The molecule has 1 heteroatoms. The predicted molar refractivity (Wildman–Crippen MR) is 88.2 cm³/mol. The summed E-state index contributed by atoms with van der Waals surface area (Å²) < 4.78 is 0. The van der Waals surface area contributed by atoms with Gasteiger partial charge in [0.15, 0.2) is 0 Å². The minimum absolute atomic E-state index is 1.24. The van der Waals surface area contributed by atoms with E-state index in [0.29, 0.717) is 0 Å². The minimum atomic E-state index is -1.24. The summed E-state index contributed by atoms with van der Waals surface area (Å²) in [5.74, 6) is 0. The molecule has 3 rings (SSSR count). The van der Waals surface area contributed by atoms with Crippen LogP contribution in [0, 0.1) is 0 Å². The van der Waals surface area contributed by atoms with Gasteiger partial charge in [0.25, 0.3) is 0 Å². The molecule has 0 radical (unpaired) electrons. The first-order valence-electron chi connectivity index (χ1n) is 7.79. The Morgan fingerprint density at radius 1 is 0.895 bits per heavy atom. The van der Waals surface area contributed by atoms with E-state index in [9.17, 15) is 0 Å². The van der Waals surface area contributed by atoms with Gasteiger partial charge in [-0.25, -0.2) is 0 Å². The molecule has 19 heavy (non-hydrogen) atoms. The van der Waals surface area contributed by atoms with Crippen LogP contribution in [0.25, 0.3) is 10.8 Å². The van der Waals surface area contributed by atoms with Crippen LogP contribution in [0.15, 0.2) is 30.3 Å². The molecule has 2 aromatic carbocycles. The molecule has 0 aliphatic heterocycles. The van der Waals surface area contributed by atoms with Gasteiger partial charge in [0.2, 0.25) is 0 Å². The third kappa shape index (κ3) is 1.79. The summed E-state index contributed by atoms with van der Waals surface area (Å²) in [6, 6.07) is 15.9. The van der Waals surface area contributed by atoms with E-state index in [0.717, 1.165) is 0 Å². The fourth-order valence-corrected chi connectivity index (χ4v) is 8.05. The molecule has 0 saturated heterocycles. The highest BCUT2D eigenvalue weighted by Crippen LogP contribution is 2.33. The summed E-state index contributed by atoms with van der Waals surface area (Å²) in [7, 11) is -1.24. The number of hydrogen-bond acceptors (Lipinski definition) is 0. The van der Waals surface area contributed by atoms with Crippen molar-refractivity contribution in [3.63, 3.8) is 0 Å². The summed E-state index contributed by atoms with van der Waals surface area (Å²) in [6.45, 7) is 7.24. The van der Waals surface area contributed by atoms with E-state index in [4.69, 9.17) is 0 Å². The second kappa shape index (κ2) is 4.79. The van der Waals surface area contributed by atoms with Gasteiger partial charge in [-0.05, 0) is 34.7 Å². The highest BCUT2D eigenvalue weighted by Gasteiger charge is 2.33. The molecule has 0 atom stereocenters. The van der Waals surface area contributed by atoms with Gasteiger partial charge in [-0.3, -0.25) is 0 Å². The third-order valence-corrected chi connectivity index (χ3v) is 11.2. The SMILES string of the molecule is CC[Si](CC)(CC)c1ccc2cccc3c2c1CC3. The average molecular weight is 268 g/mol. The highest BCUT2D eigenvalue weighted by molar-refractivity contribution is 6.92. The molecule has 0 N–H and O–H groups in total.